The average molecular weight is 1360 g/mol. The summed E-state index contributed by atoms with van der Waals surface area (Å²) in [5.74, 6) is 0.0883. The van der Waals surface area contributed by atoms with Gasteiger partial charge in [-0.2, -0.15) is 0 Å². The highest BCUT2D eigenvalue weighted by Crippen LogP contribution is 3.18. The van der Waals surface area contributed by atoms with Crippen molar-refractivity contribution in [2.45, 2.75) is 58.0 Å². The summed E-state index contributed by atoms with van der Waals surface area (Å²) in [6.45, 7) is 2.41. The number of fused-ring (bicyclic) bond motifs is 2. The fourth-order valence-corrected chi connectivity index (χ4v) is 212. The largest absolute Gasteiger partial charge is 0.347 e. The Bertz CT molecular complexity index is 1160. The van der Waals surface area contributed by atoms with Gasteiger partial charge in [0.15, 0.2) is 5.78 Å². The Balaban J connectivity index is 3.05. The van der Waals surface area contributed by atoms with Gasteiger partial charge in [-0.15, -0.1) is 134 Å². The maximum absolute atomic E-state index is 14.8. The first-order chi connectivity index (χ1) is 24.4. The first-order valence-corrected chi connectivity index (χ1v) is 73.0. The van der Waals surface area contributed by atoms with Gasteiger partial charge < -0.3 is 18.1 Å². The van der Waals surface area contributed by atoms with Gasteiger partial charge in [-0.05, 0) is 78.8 Å². The molecule has 0 aromatic carbocycles. The lowest BCUT2D eigenvalue weighted by Gasteiger charge is -2.53. The molecule has 2 bridgehead atoms. The Labute approximate surface area is 381 Å². The Morgan fingerprint density at radius 2 is 1.15 bits per heavy atom. The molecule has 0 radical (unpaired) electrons. The molecule has 312 valence electrons. The summed E-state index contributed by atoms with van der Waals surface area (Å²) in [4.78, 5) is 14.8. The summed E-state index contributed by atoms with van der Waals surface area (Å²) in [7, 11) is 54.1. The van der Waals surface area contributed by atoms with Crippen LogP contribution in [0.25, 0.3) is 0 Å². The van der Waals surface area contributed by atoms with Gasteiger partial charge in [0, 0.05) is 48.8 Å². The highest BCUT2D eigenvalue weighted by atomic mass is 33.2. The lowest BCUT2D eigenvalue weighted by Crippen LogP contribution is -2.54. The third-order valence-electron chi connectivity index (χ3n) is 7.84. The molecule has 0 spiro atoms. The van der Waals surface area contributed by atoms with E-state index in [1.165, 1.54) is 11.1 Å². The van der Waals surface area contributed by atoms with E-state index in [1.807, 2.05) is 0 Å². The summed E-state index contributed by atoms with van der Waals surface area (Å²) in [5.41, 5.74) is 2.19. The summed E-state index contributed by atoms with van der Waals surface area (Å²) in [5, 5.41) is 0. The number of rotatable bonds is 20. The molecule has 39 heteroatoms. The first-order valence-electron chi connectivity index (χ1n) is 14.4. The number of hydrogen-bond donors (Lipinski definition) is 0. The van der Waals surface area contributed by atoms with E-state index < -0.39 is 69.7 Å². The summed E-state index contributed by atoms with van der Waals surface area (Å²) >= 11 is 0. The SMILES string of the molecule is CC1=C2C(OP(P(P)P)P(PP)P(P)P)C(OP(P(P)P)P(P)P(P)P)CC(=O)C(OPP)C(CC1OP(P(P)P(P)P)P(P(P)P)P(P)P)C2(C)C. The van der Waals surface area contributed by atoms with Crippen LogP contribution in [0, 0.1) is 11.3 Å². The number of carbonyl (C=O) groups is 1. The zero-order valence-electron chi connectivity index (χ0n) is 29.0. The molecule has 2 aliphatic carbocycles. The van der Waals surface area contributed by atoms with Crippen molar-refractivity contribution in [2.75, 3.05) is 0 Å². The predicted molar refractivity (Wildman–Crippen MR) is 352 cm³/mol. The fraction of sp³-hybridized carbons (Fsp3) is 0.786. The minimum Gasteiger partial charge on any atom is -0.347 e. The molecule has 0 N–H and O–H groups in total. The third kappa shape index (κ3) is 19.0. The van der Waals surface area contributed by atoms with Crippen LogP contribution in [-0.4, -0.2) is 30.2 Å². The standard InChI is InChI=1S/C14H56O5P34/c1-6-9(17-42(51(37)46(28)29)53(48(32)33)49(34)35)4-7-12(16-38-20)8(15)5-10(18-40(43(22)23)50(36)45(26)27)13(11(6)14(7,2)3)19-41(44(24)25)52(39-21)47(30)31/h7,9-10,12-13,38-39H,4-5,20-37H2,1-3H3. The second-order valence-electron chi connectivity index (χ2n) is 11.5. The molecule has 5 nitrogen and oxygen atoms in total. The summed E-state index contributed by atoms with van der Waals surface area (Å²) < 4.78 is 29.4. The highest BCUT2D eigenvalue weighted by Gasteiger charge is 2.56. The maximum Gasteiger partial charge on any atom is 0.164 e. The molecule has 0 saturated heterocycles. The fourth-order valence-electron chi connectivity index (χ4n) is 5.66. The van der Waals surface area contributed by atoms with E-state index >= 15 is 0 Å². The van der Waals surface area contributed by atoms with E-state index in [9.17, 15) is 4.79 Å². The van der Waals surface area contributed by atoms with Crippen molar-refractivity contribution < 1.29 is 22.9 Å². The van der Waals surface area contributed by atoms with Gasteiger partial charge in [0.25, 0.3) is 0 Å². The van der Waals surface area contributed by atoms with Crippen LogP contribution >= 0.6 is 277 Å². The second kappa shape index (κ2) is 31.5. The van der Waals surface area contributed by atoms with E-state index in [2.05, 4.69) is 181 Å². The van der Waals surface area contributed by atoms with Crippen molar-refractivity contribution in [3.8, 4) is 0 Å². The van der Waals surface area contributed by atoms with Crippen LogP contribution in [-0.2, 0) is 22.9 Å². The van der Waals surface area contributed by atoms with Gasteiger partial charge in [-0.25, -0.2) is 0 Å². The average Bonchev–Trinajstić information content (AvgIpc) is 3.03. The van der Waals surface area contributed by atoms with Gasteiger partial charge in [-0.3, -0.25) is 4.79 Å². The molecule has 2 rings (SSSR count). The van der Waals surface area contributed by atoms with Crippen molar-refractivity contribution in [2.24, 2.45) is 11.3 Å². The lowest BCUT2D eigenvalue weighted by molar-refractivity contribution is -0.135. The minimum atomic E-state index is -0.854. The van der Waals surface area contributed by atoms with Gasteiger partial charge in [0.2, 0.25) is 0 Å². The van der Waals surface area contributed by atoms with Gasteiger partial charge >= 0.3 is 0 Å². The van der Waals surface area contributed by atoms with Crippen molar-refractivity contribution in [3.05, 3.63) is 11.1 Å². The van der Waals surface area contributed by atoms with Gasteiger partial charge in [-0.1, -0.05) is 48.6 Å². The molecule has 1 saturated carbocycles. The number of ketones is 1. The topological polar surface area (TPSA) is 54.0 Å². The number of hydrogen-bond acceptors (Lipinski definition) is 5. The van der Waals surface area contributed by atoms with Crippen LogP contribution in [0.1, 0.15) is 33.6 Å². The second-order valence-corrected chi connectivity index (χ2v) is 128. The Hall–Kier alpha value is 13.9. The van der Waals surface area contributed by atoms with Crippen molar-refractivity contribution in [3.63, 3.8) is 0 Å². The monoisotopic (exact) mass is 1360 g/mol. The van der Waals surface area contributed by atoms with Gasteiger partial charge in [0.05, 0.1) is 28.7 Å². The molecule has 0 heterocycles. The van der Waals surface area contributed by atoms with E-state index in [4.69, 9.17) is 18.1 Å². The first kappa shape index (κ1) is 63.0. The molecule has 0 aromatic heterocycles. The van der Waals surface area contributed by atoms with E-state index in [1.54, 1.807) is 0 Å². The molecule has 31 unspecified atom stereocenters. The molecule has 2 aliphatic rings. The predicted octanol–water partition coefficient (Wildman–Crippen LogP) is 20.8. The normalized spacial score (nSPS) is 28.2. The molecule has 31 atom stereocenters. The zero-order valence-corrected chi connectivity index (χ0v) is 64.3. The van der Waals surface area contributed by atoms with Crippen molar-refractivity contribution >= 4 is 282 Å². The molecule has 0 aromatic rings. The molecular formula is C14H56O5P34. The van der Waals surface area contributed by atoms with E-state index in [-0.39, 0.29) is 86.2 Å². The van der Waals surface area contributed by atoms with Gasteiger partial charge in [0.1, 0.15) is 18.3 Å². The van der Waals surface area contributed by atoms with Crippen LogP contribution in [0.2, 0.25) is 0 Å². The number of Topliss-reactive ketones (excluding diaryl/α,β-unsaturated/α-hetero) is 1. The Morgan fingerprint density at radius 3 is 1.57 bits per heavy atom. The highest BCUT2D eigenvalue weighted by molar-refractivity contribution is 9.19. The molecule has 0 amide bonds. The minimum absolute atomic E-state index is 0.0496. The lowest BCUT2D eigenvalue weighted by atomic mass is 9.59. The zero-order chi connectivity index (χ0) is 40.9. The summed E-state index contributed by atoms with van der Waals surface area (Å²) in [6.07, 6.45) is -0.381. The van der Waals surface area contributed by atoms with E-state index in [0.717, 1.165) is 14.4 Å². The third-order valence-corrected chi connectivity index (χ3v) is 167. The molecule has 0 aliphatic heterocycles. The summed E-state index contributed by atoms with van der Waals surface area (Å²) in [6, 6.07) is 0. The molecule has 53 heavy (non-hydrogen) atoms. The van der Waals surface area contributed by atoms with Crippen LogP contribution in [0.3, 0.4) is 0 Å². The quantitative estimate of drug-likeness (QED) is 0.0898. The number of carbonyl (C=O) groups excluding carboxylic acids is 1. The Morgan fingerprint density at radius 1 is 0.642 bits per heavy atom. The molecule has 1 fully saturated rings. The van der Waals surface area contributed by atoms with Crippen molar-refractivity contribution in [1.29, 1.82) is 0 Å². The maximum atomic E-state index is 14.8. The smallest absolute Gasteiger partial charge is 0.164 e. The van der Waals surface area contributed by atoms with Crippen molar-refractivity contribution in [1.82, 2.24) is 0 Å². The van der Waals surface area contributed by atoms with Crippen LogP contribution in [0.5, 0.6) is 0 Å². The van der Waals surface area contributed by atoms with Crippen LogP contribution in [0.15, 0.2) is 11.1 Å². The van der Waals surface area contributed by atoms with E-state index in [0.29, 0.717) is 0 Å². The Kier molecular flexibility index (Phi) is 37.4. The van der Waals surface area contributed by atoms with Crippen LogP contribution < -0.4 is 0 Å². The molecular weight excluding hydrogens is 1300 g/mol. The van der Waals surface area contributed by atoms with Crippen LogP contribution in [0.4, 0.5) is 0 Å².